The second kappa shape index (κ2) is 3.45. The van der Waals surface area contributed by atoms with Crippen LogP contribution in [0.4, 0.5) is 0 Å². The van der Waals surface area contributed by atoms with Crippen LogP contribution < -0.4 is 5.73 Å². The summed E-state index contributed by atoms with van der Waals surface area (Å²) in [6.45, 7) is 1.85. The molecule has 2 N–H and O–H groups in total. The molecule has 0 aromatic heterocycles. The van der Waals surface area contributed by atoms with Gasteiger partial charge in [-0.25, -0.2) is 0 Å². The van der Waals surface area contributed by atoms with Crippen molar-refractivity contribution in [2.24, 2.45) is 5.73 Å². The Morgan fingerprint density at radius 2 is 1.88 bits per heavy atom. The van der Waals surface area contributed by atoms with Crippen molar-refractivity contribution in [2.75, 3.05) is 0 Å². The van der Waals surface area contributed by atoms with E-state index in [-0.39, 0.29) is 0 Å². The zero-order valence-corrected chi connectivity index (χ0v) is 9.53. The SMILES string of the molecule is [2H]C1(C)c2ccccc2-c2ccc(C(N)=O)cc21. The first-order chi connectivity index (χ1) is 8.51. The maximum atomic E-state index is 11.2. The molecule has 2 heteroatoms. The summed E-state index contributed by atoms with van der Waals surface area (Å²) in [5, 5.41) is 0. The topological polar surface area (TPSA) is 43.1 Å². The number of carbonyl (C=O) groups is 1. The lowest BCUT2D eigenvalue weighted by molar-refractivity contribution is 0.1000. The third-order valence-corrected chi connectivity index (χ3v) is 3.33. The minimum Gasteiger partial charge on any atom is -0.366 e. The molecule has 1 amide bonds. The molecule has 17 heavy (non-hydrogen) atoms. The third-order valence-electron chi connectivity index (χ3n) is 3.33. The van der Waals surface area contributed by atoms with Crippen LogP contribution in [-0.4, -0.2) is 5.91 Å². The van der Waals surface area contributed by atoms with Crippen LogP contribution in [0.5, 0.6) is 0 Å². The molecule has 0 spiro atoms. The number of hydrogen-bond donors (Lipinski definition) is 1. The minimum atomic E-state index is -0.822. The third kappa shape index (κ3) is 1.37. The monoisotopic (exact) mass is 224 g/mol. The number of amides is 1. The van der Waals surface area contributed by atoms with Gasteiger partial charge < -0.3 is 5.73 Å². The van der Waals surface area contributed by atoms with E-state index >= 15 is 0 Å². The molecule has 0 heterocycles. The summed E-state index contributed by atoms with van der Waals surface area (Å²) >= 11 is 0. The summed E-state index contributed by atoms with van der Waals surface area (Å²) < 4.78 is 8.54. The first-order valence-electron chi connectivity index (χ1n) is 6.06. The van der Waals surface area contributed by atoms with Crippen molar-refractivity contribution in [1.82, 2.24) is 0 Å². The highest BCUT2D eigenvalue weighted by Crippen LogP contribution is 2.44. The van der Waals surface area contributed by atoms with Crippen molar-refractivity contribution in [3.63, 3.8) is 0 Å². The normalized spacial score (nSPS) is 21.6. The van der Waals surface area contributed by atoms with Crippen molar-refractivity contribution in [1.29, 1.82) is 0 Å². The van der Waals surface area contributed by atoms with Gasteiger partial charge in [-0.2, -0.15) is 0 Å². The first-order valence-corrected chi connectivity index (χ1v) is 5.56. The van der Waals surface area contributed by atoms with E-state index in [1.165, 1.54) is 0 Å². The van der Waals surface area contributed by atoms with E-state index in [0.29, 0.717) is 5.56 Å². The molecule has 0 fully saturated rings. The zero-order valence-electron chi connectivity index (χ0n) is 10.5. The van der Waals surface area contributed by atoms with Crippen LogP contribution in [0.15, 0.2) is 42.5 Å². The molecule has 0 bridgehead atoms. The molecule has 0 saturated carbocycles. The summed E-state index contributed by atoms with van der Waals surface area (Å²) in [6, 6.07) is 13.2. The minimum absolute atomic E-state index is 0.454. The Kier molecular flexibility index (Phi) is 1.83. The summed E-state index contributed by atoms with van der Waals surface area (Å²) in [6.07, 6.45) is 0. The number of benzene rings is 2. The Bertz CT molecular complexity index is 661. The molecule has 84 valence electrons. The van der Waals surface area contributed by atoms with Crippen LogP contribution >= 0.6 is 0 Å². The molecule has 1 atom stereocenters. The molecule has 2 nitrogen and oxygen atoms in total. The molecular weight excluding hydrogens is 210 g/mol. The highest BCUT2D eigenvalue weighted by molar-refractivity contribution is 5.94. The summed E-state index contributed by atoms with van der Waals surface area (Å²) in [5.74, 6) is -1.28. The maximum absolute atomic E-state index is 11.2. The van der Waals surface area contributed by atoms with Gasteiger partial charge in [-0.1, -0.05) is 37.3 Å². The number of primary amides is 1. The molecule has 0 saturated heterocycles. The first kappa shape index (κ1) is 8.99. The molecule has 1 unspecified atom stereocenters. The summed E-state index contributed by atoms with van der Waals surface area (Å²) in [5.41, 5.74) is 9.67. The highest BCUT2D eigenvalue weighted by atomic mass is 16.1. The van der Waals surface area contributed by atoms with Crippen molar-refractivity contribution in [3.05, 3.63) is 59.2 Å². The quantitative estimate of drug-likeness (QED) is 0.795. The predicted molar refractivity (Wildman–Crippen MR) is 67.9 cm³/mol. The van der Waals surface area contributed by atoms with Crippen molar-refractivity contribution in [2.45, 2.75) is 12.8 Å². The van der Waals surface area contributed by atoms with E-state index in [9.17, 15) is 4.79 Å². The van der Waals surface area contributed by atoms with Crippen molar-refractivity contribution >= 4 is 5.91 Å². The van der Waals surface area contributed by atoms with Gasteiger partial charge in [0.25, 0.3) is 0 Å². The lowest BCUT2D eigenvalue weighted by Gasteiger charge is -2.06. The number of fused-ring (bicyclic) bond motifs is 3. The van der Waals surface area contributed by atoms with Gasteiger partial charge in [-0.15, -0.1) is 0 Å². The largest absolute Gasteiger partial charge is 0.366 e. The molecule has 2 aromatic carbocycles. The van der Waals surface area contributed by atoms with Crippen molar-refractivity contribution in [3.8, 4) is 11.1 Å². The Hall–Kier alpha value is -2.09. The number of nitrogens with two attached hydrogens (primary N) is 1. The van der Waals surface area contributed by atoms with Crippen LogP contribution in [0.2, 0.25) is 0 Å². The molecule has 0 radical (unpaired) electrons. The molecule has 2 aromatic rings. The van der Waals surface area contributed by atoms with E-state index in [2.05, 4.69) is 0 Å². The van der Waals surface area contributed by atoms with Crippen LogP contribution in [0, 0.1) is 0 Å². The van der Waals surface area contributed by atoms with Crippen molar-refractivity contribution < 1.29 is 6.17 Å². The Morgan fingerprint density at radius 3 is 2.65 bits per heavy atom. The van der Waals surface area contributed by atoms with E-state index in [0.717, 1.165) is 22.3 Å². The van der Waals surface area contributed by atoms with E-state index < -0.39 is 11.8 Å². The molecule has 1 aliphatic carbocycles. The molecule has 1 aliphatic rings. The average molecular weight is 224 g/mol. The van der Waals surface area contributed by atoms with Gasteiger partial charge in [0.1, 0.15) is 0 Å². The molecular formula is C15H13NO. The smallest absolute Gasteiger partial charge is 0.248 e. The van der Waals surface area contributed by atoms with Crippen LogP contribution in [0.25, 0.3) is 11.1 Å². The fourth-order valence-electron chi connectivity index (χ4n) is 2.43. The Balaban J connectivity index is 2.31. The van der Waals surface area contributed by atoms with Gasteiger partial charge in [0.05, 0.1) is 0 Å². The number of carbonyl (C=O) groups excluding carboxylic acids is 1. The lowest BCUT2D eigenvalue weighted by atomic mass is 9.98. The van der Waals surface area contributed by atoms with E-state index in [1.54, 1.807) is 12.1 Å². The van der Waals surface area contributed by atoms with Gasteiger partial charge in [0, 0.05) is 12.8 Å². The predicted octanol–water partition coefficient (Wildman–Crippen LogP) is 2.92. The average Bonchev–Trinajstić information content (AvgIpc) is 2.59. The fourth-order valence-corrected chi connectivity index (χ4v) is 2.43. The number of hydrogen-bond acceptors (Lipinski definition) is 1. The maximum Gasteiger partial charge on any atom is 0.248 e. The van der Waals surface area contributed by atoms with Gasteiger partial charge in [-0.05, 0) is 34.4 Å². The summed E-state index contributed by atoms with van der Waals surface area (Å²) in [4.78, 5) is 11.2. The van der Waals surface area contributed by atoms with Gasteiger partial charge in [0.15, 0.2) is 0 Å². The Morgan fingerprint density at radius 1 is 1.18 bits per heavy atom. The van der Waals surface area contributed by atoms with Crippen LogP contribution in [0.1, 0.15) is 35.7 Å². The van der Waals surface area contributed by atoms with E-state index in [1.807, 2.05) is 37.3 Å². The van der Waals surface area contributed by atoms with Gasteiger partial charge in [-0.3, -0.25) is 4.79 Å². The second-order valence-electron chi connectivity index (χ2n) is 4.30. The second-order valence-corrected chi connectivity index (χ2v) is 4.30. The lowest BCUT2D eigenvalue weighted by Crippen LogP contribution is -2.11. The van der Waals surface area contributed by atoms with E-state index in [4.69, 9.17) is 7.10 Å². The number of rotatable bonds is 1. The summed E-state index contributed by atoms with van der Waals surface area (Å²) in [7, 11) is 0. The molecule has 0 aliphatic heterocycles. The fraction of sp³-hybridized carbons (Fsp3) is 0.133. The van der Waals surface area contributed by atoms with Gasteiger partial charge in [0.2, 0.25) is 5.91 Å². The standard InChI is InChI=1S/C15H13NO/c1-9-11-4-2-3-5-12(11)13-7-6-10(15(16)17)8-14(9)13/h2-9H,1H3,(H2,16,17)/i9D. The van der Waals surface area contributed by atoms with Crippen LogP contribution in [-0.2, 0) is 0 Å². The van der Waals surface area contributed by atoms with Crippen LogP contribution in [0.3, 0.4) is 0 Å². The Labute approximate surface area is 101 Å². The highest BCUT2D eigenvalue weighted by Gasteiger charge is 2.25. The van der Waals surface area contributed by atoms with Gasteiger partial charge >= 0.3 is 0 Å². The zero-order chi connectivity index (χ0) is 12.9. The molecule has 3 rings (SSSR count).